The monoisotopic (exact) mass is 268 g/mol. The Labute approximate surface area is 122 Å². The minimum absolute atomic E-state index is 0.576. The first-order valence-corrected chi connectivity index (χ1v) is 7.38. The second-order valence-corrected chi connectivity index (χ2v) is 5.18. The average Bonchev–Trinajstić information content (AvgIpc) is 2.49. The van der Waals surface area contributed by atoms with Crippen LogP contribution in [0.25, 0.3) is 0 Å². The van der Waals surface area contributed by atoms with Crippen LogP contribution in [0.1, 0.15) is 30.9 Å². The van der Waals surface area contributed by atoms with E-state index >= 15 is 0 Å². The van der Waals surface area contributed by atoms with Gasteiger partial charge in [-0.15, -0.1) is 0 Å². The normalized spacial score (nSPS) is 10.6. The van der Waals surface area contributed by atoms with Gasteiger partial charge in [0.2, 0.25) is 0 Å². The number of anilines is 2. The number of rotatable bonds is 6. The number of hydrogen-bond donors (Lipinski definition) is 1. The fourth-order valence-corrected chi connectivity index (χ4v) is 2.45. The molecule has 0 unspecified atom stereocenters. The molecule has 0 bridgehead atoms. The van der Waals surface area contributed by atoms with Gasteiger partial charge in [0.1, 0.15) is 0 Å². The Morgan fingerprint density at radius 1 is 1.05 bits per heavy atom. The summed E-state index contributed by atoms with van der Waals surface area (Å²) in [6.45, 7) is 5.94. The van der Waals surface area contributed by atoms with Crippen LogP contribution in [0.3, 0.4) is 0 Å². The molecule has 0 aliphatic rings. The Morgan fingerprint density at radius 2 is 1.80 bits per heavy atom. The van der Waals surface area contributed by atoms with Crippen molar-refractivity contribution in [3.63, 3.8) is 0 Å². The summed E-state index contributed by atoms with van der Waals surface area (Å²) in [6, 6.07) is 17.1. The third kappa shape index (κ3) is 3.40. The Morgan fingerprint density at radius 3 is 2.45 bits per heavy atom. The van der Waals surface area contributed by atoms with Crippen LogP contribution >= 0.6 is 0 Å². The molecule has 0 fully saturated rings. The van der Waals surface area contributed by atoms with E-state index in [-0.39, 0.29) is 0 Å². The highest BCUT2D eigenvalue weighted by molar-refractivity contribution is 5.66. The van der Waals surface area contributed by atoms with Gasteiger partial charge in [-0.3, -0.25) is 0 Å². The molecular formula is C18H24N2. The molecule has 2 heteroatoms. The van der Waals surface area contributed by atoms with Gasteiger partial charge in [0.25, 0.3) is 0 Å². The Kier molecular flexibility index (Phi) is 5.19. The van der Waals surface area contributed by atoms with E-state index in [2.05, 4.69) is 67.3 Å². The lowest BCUT2D eigenvalue weighted by Gasteiger charge is -2.27. The molecule has 106 valence electrons. The molecule has 0 aliphatic carbocycles. The zero-order valence-corrected chi connectivity index (χ0v) is 12.5. The van der Waals surface area contributed by atoms with Crippen LogP contribution in [0.5, 0.6) is 0 Å². The lowest BCUT2D eigenvalue weighted by Crippen LogP contribution is -2.20. The van der Waals surface area contributed by atoms with E-state index < -0.39 is 0 Å². The molecule has 0 saturated carbocycles. The zero-order chi connectivity index (χ0) is 14.4. The Bertz CT molecular complexity index is 534. The number of unbranched alkanes of at least 4 members (excludes halogenated alkanes) is 1. The van der Waals surface area contributed by atoms with Gasteiger partial charge >= 0.3 is 0 Å². The fourth-order valence-electron chi connectivity index (χ4n) is 2.45. The zero-order valence-electron chi connectivity index (χ0n) is 12.5. The van der Waals surface area contributed by atoms with Crippen molar-refractivity contribution in [3.05, 3.63) is 59.7 Å². The average molecular weight is 268 g/mol. The number of nitrogens with two attached hydrogens (primary N) is 1. The fraction of sp³-hybridized carbons (Fsp3) is 0.333. The molecule has 0 aromatic heterocycles. The molecule has 0 heterocycles. The minimum Gasteiger partial charge on any atom is -0.341 e. The maximum absolute atomic E-state index is 5.94. The Hall–Kier alpha value is -1.80. The van der Waals surface area contributed by atoms with E-state index in [1.165, 1.54) is 35.3 Å². The summed E-state index contributed by atoms with van der Waals surface area (Å²) >= 11 is 0. The molecular weight excluding hydrogens is 244 g/mol. The molecule has 0 saturated heterocycles. The second kappa shape index (κ2) is 7.11. The summed E-state index contributed by atoms with van der Waals surface area (Å²) in [4.78, 5) is 2.38. The van der Waals surface area contributed by atoms with Crippen molar-refractivity contribution in [2.75, 3.05) is 11.4 Å². The van der Waals surface area contributed by atoms with Crippen molar-refractivity contribution >= 4 is 11.4 Å². The number of benzene rings is 2. The summed E-state index contributed by atoms with van der Waals surface area (Å²) in [5.74, 6) is 0. The lowest BCUT2D eigenvalue weighted by molar-refractivity contribution is 0.782. The van der Waals surface area contributed by atoms with Crippen molar-refractivity contribution in [1.82, 2.24) is 0 Å². The van der Waals surface area contributed by atoms with Gasteiger partial charge < -0.3 is 10.6 Å². The predicted octanol–water partition coefficient (Wildman–Crippen LogP) is 4.39. The van der Waals surface area contributed by atoms with Crippen molar-refractivity contribution in [2.24, 2.45) is 5.73 Å². The maximum Gasteiger partial charge on any atom is 0.0456 e. The minimum atomic E-state index is 0.576. The first-order chi connectivity index (χ1) is 9.76. The van der Waals surface area contributed by atoms with Crippen molar-refractivity contribution in [2.45, 2.75) is 33.2 Å². The number of para-hydroxylation sites is 1. The van der Waals surface area contributed by atoms with Crippen LogP contribution in [0.15, 0.2) is 48.5 Å². The summed E-state index contributed by atoms with van der Waals surface area (Å²) < 4.78 is 0. The molecule has 2 N–H and O–H groups in total. The number of aryl methyl sites for hydroxylation is 1. The highest BCUT2D eigenvalue weighted by atomic mass is 15.1. The van der Waals surface area contributed by atoms with Gasteiger partial charge in [0.15, 0.2) is 0 Å². The second-order valence-electron chi connectivity index (χ2n) is 5.18. The van der Waals surface area contributed by atoms with E-state index in [1.54, 1.807) is 0 Å². The van der Waals surface area contributed by atoms with Gasteiger partial charge in [-0.1, -0.05) is 49.2 Å². The van der Waals surface area contributed by atoms with E-state index in [4.69, 9.17) is 5.73 Å². The van der Waals surface area contributed by atoms with Gasteiger partial charge in [-0.25, -0.2) is 0 Å². The molecule has 0 spiro atoms. The van der Waals surface area contributed by atoms with Gasteiger partial charge in [0.05, 0.1) is 0 Å². The van der Waals surface area contributed by atoms with E-state index in [0.29, 0.717) is 6.54 Å². The summed E-state index contributed by atoms with van der Waals surface area (Å²) in [7, 11) is 0. The van der Waals surface area contributed by atoms with Gasteiger partial charge in [-0.2, -0.15) is 0 Å². The van der Waals surface area contributed by atoms with Gasteiger partial charge in [0, 0.05) is 24.5 Å². The number of nitrogens with zero attached hydrogens (tertiary/aromatic N) is 1. The lowest BCUT2D eigenvalue weighted by atomic mass is 10.1. The maximum atomic E-state index is 5.94. The third-order valence-corrected chi connectivity index (χ3v) is 3.55. The van der Waals surface area contributed by atoms with Gasteiger partial charge in [-0.05, 0) is 37.1 Å². The highest BCUT2D eigenvalue weighted by Crippen LogP contribution is 2.29. The van der Waals surface area contributed by atoms with Crippen LogP contribution in [-0.2, 0) is 6.54 Å². The summed E-state index contributed by atoms with van der Waals surface area (Å²) in [6.07, 6.45) is 2.36. The standard InChI is InChI=1S/C18H24N2/c1-3-4-12-20(17-8-6-5-7-9-17)18-11-10-15(2)13-16(18)14-19/h5-11,13H,3-4,12,14,19H2,1-2H3. The first-order valence-electron chi connectivity index (χ1n) is 7.38. The van der Waals surface area contributed by atoms with Crippen LogP contribution in [0.4, 0.5) is 11.4 Å². The molecule has 20 heavy (non-hydrogen) atoms. The molecule has 0 amide bonds. The molecule has 0 radical (unpaired) electrons. The molecule has 0 atom stereocenters. The van der Waals surface area contributed by atoms with Crippen LogP contribution in [0, 0.1) is 6.92 Å². The molecule has 2 aromatic carbocycles. The molecule has 2 nitrogen and oxygen atoms in total. The smallest absolute Gasteiger partial charge is 0.0456 e. The summed E-state index contributed by atoms with van der Waals surface area (Å²) in [5.41, 5.74) is 10.9. The summed E-state index contributed by atoms with van der Waals surface area (Å²) in [5, 5.41) is 0. The topological polar surface area (TPSA) is 29.3 Å². The van der Waals surface area contributed by atoms with E-state index in [0.717, 1.165) is 6.54 Å². The van der Waals surface area contributed by atoms with E-state index in [9.17, 15) is 0 Å². The van der Waals surface area contributed by atoms with Crippen LogP contribution in [0.2, 0.25) is 0 Å². The Balaban J connectivity index is 2.41. The van der Waals surface area contributed by atoms with Crippen molar-refractivity contribution in [1.29, 1.82) is 0 Å². The first kappa shape index (κ1) is 14.6. The molecule has 0 aliphatic heterocycles. The van der Waals surface area contributed by atoms with E-state index in [1.807, 2.05) is 0 Å². The van der Waals surface area contributed by atoms with Crippen molar-refractivity contribution in [3.8, 4) is 0 Å². The molecule has 2 rings (SSSR count). The largest absolute Gasteiger partial charge is 0.341 e. The third-order valence-electron chi connectivity index (χ3n) is 3.55. The SMILES string of the molecule is CCCCN(c1ccccc1)c1ccc(C)cc1CN. The van der Waals surface area contributed by atoms with Crippen molar-refractivity contribution < 1.29 is 0 Å². The highest BCUT2D eigenvalue weighted by Gasteiger charge is 2.12. The quantitative estimate of drug-likeness (QED) is 0.841. The number of hydrogen-bond acceptors (Lipinski definition) is 2. The van der Waals surface area contributed by atoms with Crippen LogP contribution in [-0.4, -0.2) is 6.54 Å². The predicted molar refractivity (Wildman–Crippen MR) is 87.4 cm³/mol. The molecule has 2 aromatic rings. The van der Waals surface area contributed by atoms with Crippen LogP contribution < -0.4 is 10.6 Å².